The topological polar surface area (TPSA) is 671 Å². The molecule has 0 aromatic rings. The number of carbonyl (C=O) groups is 3. The van der Waals surface area contributed by atoms with E-state index in [4.69, 9.17) is 71.1 Å². The van der Waals surface area contributed by atoms with Crippen LogP contribution in [0.25, 0.3) is 0 Å². The van der Waals surface area contributed by atoms with E-state index >= 15 is 0 Å². The van der Waals surface area contributed by atoms with Crippen LogP contribution >= 0.6 is 0 Å². The minimum absolute atomic E-state index is 0.776. The average molecular weight is 1410 g/mol. The number of rotatable bonds is 25. The lowest BCUT2D eigenvalue weighted by molar-refractivity contribution is -0.406. The van der Waals surface area contributed by atoms with Gasteiger partial charge in [0.1, 0.15) is 189 Å². The van der Waals surface area contributed by atoms with Gasteiger partial charge in [0.2, 0.25) is 17.7 Å². The van der Waals surface area contributed by atoms with E-state index in [1.54, 1.807) is 0 Å². The van der Waals surface area contributed by atoms with Crippen LogP contribution in [0.15, 0.2) is 0 Å². The van der Waals surface area contributed by atoms with Gasteiger partial charge in [-0.05, 0) is 0 Å². The molecule has 0 aromatic carbocycles. The molecule has 25 N–H and O–H groups in total. The fourth-order valence-electron chi connectivity index (χ4n) is 12.3. The Bertz CT molecular complexity index is 2460. The second-order valence-electron chi connectivity index (χ2n) is 24.1. The highest BCUT2D eigenvalue weighted by Gasteiger charge is 2.61. The Hall–Kier alpha value is -3.07. The maximum Gasteiger partial charge on any atom is 0.217 e. The molecule has 0 saturated carbocycles. The SMILES string of the molecule is CC(=O)N[C@@H]1[C@@H](O)[C@H](O[C@@H]2O[C@H](CO)[C@@H](O[C@@H]3O[C@H](CO[C@H]4O[C@H](CO)[C@@H](O)[C@H](O[C@H]5O[C@H](CO)[C@@H](O)[C@H](O)[C@@H]5O)[C@@H]4O)[C@@H](O)[C@H](O[C@H]4O[C@H](CO)[C@@H](O)[C@H](O)[C@@H]4O[C@@H]4O[C@H](CO)[C@@H](O)[C@H](O)[C@H]4NC(C)=O)[C@@H]3O[C@@H]3O[C@H](CO)[C@H](O)[C@H]3O)[C@H](O)[C@H]2NC(C)=O)[C@@H](CO)O[C@H]1O. The third-order valence-electron chi connectivity index (χ3n) is 17.5. The number of aliphatic hydroxyl groups is 22. The van der Waals surface area contributed by atoms with Crippen molar-refractivity contribution in [2.75, 3.05) is 52.9 Å². The summed E-state index contributed by atoms with van der Waals surface area (Å²) in [5, 5.41) is 249. The van der Waals surface area contributed by atoms with E-state index in [9.17, 15) is 127 Å². The van der Waals surface area contributed by atoms with Crippen molar-refractivity contribution < 1.29 is 198 Å². The second-order valence-corrected chi connectivity index (χ2v) is 24.1. The van der Waals surface area contributed by atoms with E-state index in [-0.39, 0.29) is 0 Å². The highest BCUT2D eigenvalue weighted by atomic mass is 16.8. The number of nitrogens with one attached hydrogen (secondary N) is 3. The molecule has 8 rings (SSSR count). The number of aliphatic hydroxyl groups excluding tert-OH is 22. The monoisotopic (exact) mass is 1410 g/mol. The van der Waals surface area contributed by atoms with Crippen LogP contribution in [0.1, 0.15) is 20.8 Å². The van der Waals surface area contributed by atoms with Crippen molar-refractivity contribution in [1.29, 1.82) is 0 Å². The van der Waals surface area contributed by atoms with Gasteiger partial charge < -0.3 is 199 Å². The van der Waals surface area contributed by atoms with E-state index in [0.29, 0.717) is 0 Å². The van der Waals surface area contributed by atoms with Crippen LogP contribution in [0.2, 0.25) is 0 Å². The predicted molar refractivity (Wildman–Crippen MR) is 293 cm³/mol. The van der Waals surface area contributed by atoms with Crippen molar-refractivity contribution in [3.8, 4) is 0 Å². The van der Waals surface area contributed by atoms with E-state index in [2.05, 4.69) is 16.0 Å². The minimum Gasteiger partial charge on any atom is -0.394 e. The van der Waals surface area contributed by atoms with E-state index < -0.39 is 310 Å². The van der Waals surface area contributed by atoms with Crippen LogP contribution in [-0.4, -0.2) is 422 Å². The fraction of sp³-hybridized carbons (Fsp3) is 0.943. The van der Waals surface area contributed by atoms with Crippen molar-refractivity contribution in [3.05, 3.63) is 0 Å². The van der Waals surface area contributed by atoms with Crippen molar-refractivity contribution >= 4 is 17.7 Å². The smallest absolute Gasteiger partial charge is 0.217 e. The molecule has 8 fully saturated rings. The van der Waals surface area contributed by atoms with Crippen molar-refractivity contribution in [3.63, 3.8) is 0 Å². The highest BCUT2D eigenvalue weighted by Crippen LogP contribution is 2.40. The van der Waals surface area contributed by atoms with Gasteiger partial charge >= 0.3 is 0 Å². The summed E-state index contributed by atoms with van der Waals surface area (Å²) in [6.45, 7) is -5.53. The van der Waals surface area contributed by atoms with Crippen molar-refractivity contribution in [1.82, 2.24) is 16.0 Å². The van der Waals surface area contributed by atoms with Gasteiger partial charge in [-0.3, -0.25) is 14.4 Å². The molecule has 8 aliphatic heterocycles. The first-order chi connectivity index (χ1) is 45.5. The summed E-state index contributed by atoms with van der Waals surface area (Å²) >= 11 is 0. The second kappa shape index (κ2) is 34.3. The van der Waals surface area contributed by atoms with Crippen molar-refractivity contribution in [2.24, 2.45) is 0 Å². The Morgan fingerprint density at radius 1 is 0.271 bits per heavy atom. The number of carbonyl (C=O) groups excluding carboxylic acids is 3. The number of amides is 3. The maximum absolute atomic E-state index is 13.0. The summed E-state index contributed by atoms with van der Waals surface area (Å²) in [5.41, 5.74) is 0. The Morgan fingerprint density at radius 3 is 1.11 bits per heavy atom. The van der Waals surface area contributed by atoms with Gasteiger partial charge in [0.05, 0.1) is 52.9 Å². The lowest BCUT2D eigenvalue weighted by atomic mass is 9.93. The molecule has 0 bridgehead atoms. The molecule has 96 heavy (non-hydrogen) atoms. The molecule has 43 heteroatoms. The van der Waals surface area contributed by atoms with Gasteiger partial charge in [-0.1, -0.05) is 0 Å². The van der Waals surface area contributed by atoms with E-state index in [0.717, 1.165) is 20.8 Å². The lowest BCUT2D eigenvalue weighted by Crippen LogP contribution is -2.71. The van der Waals surface area contributed by atoms with Crippen LogP contribution in [0.3, 0.4) is 0 Å². The highest BCUT2D eigenvalue weighted by molar-refractivity contribution is 5.74. The van der Waals surface area contributed by atoms with Gasteiger partial charge in [-0.25, -0.2) is 0 Å². The van der Waals surface area contributed by atoms with Crippen LogP contribution < -0.4 is 16.0 Å². The van der Waals surface area contributed by atoms with Gasteiger partial charge in [0.15, 0.2) is 50.3 Å². The first kappa shape index (κ1) is 78.6. The third kappa shape index (κ3) is 17.0. The molecule has 8 saturated heterocycles. The average Bonchev–Trinajstić information content (AvgIpc) is 1.02. The van der Waals surface area contributed by atoms with Crippen LogP contribution in [0.4, 0.5) is 0 Å². The van der Waals surface area contributed by atoms with Crippen LogP contribution in [0, 0.1) is 0 Å². The number of hydrogen-bond donors (Lipinski definition) is 25. The van der Waals surface area contributed by atoms with Crippen LogP contribution in [-0.2, 0) is 85.4 Å². The predicted octanol–water partition coefficient (Wildman–Crippen LogP) is -17.4. The fourth-order valence-corrected chi connectivity index (χ4v) is 12.3. The van der Waals surface area contributed by atoms with E-state index in [1.807, 2.05) is 0 Å². The van der Waals surface area contributed by atoms with Crippen LogP contribution in [0.5, 0.6) is 0 Å². The quantitative estimate of drug-likeness (QED) is 0.0404. The molecule has 39 atom stereocenters. The molecular formula is C53H89N3O40. The summed E-state index contributed by atoms with van der Waals surface area (Å²) in [4.78, 5) is 37.6. The summed E-state index contributed by atoms with van der Waals surface area (Å²) in [5.74, 6) is -2.58. The first-order valence-electron chi connectivity index (χ1n) is 30.5. The lowest BCUT2D eigenvalue weighted by Gasteiger charge is -2.51. The number of hydrogen-bond acceptors (Lipinski definition) is 40. The summed E-state index contributed by atoms with van der Waals surface area (Å²) in [7, 11) is 0. The summed E-state index contributed by atoms with van der Waals surface area (Å²) < 4.78 is 89.0. The van der Waals surface area contributed by atoms with Gasteiger partial charge in [-0.2, -0.15) is 0 Å². The van der Waals surface area contributed by atoms with Crippen molar-refractivity contribution in [2.45, 2.75) is 260 Å². The molecule has 3 amide bonds. The largest absolute Gasteiger partial charge is 0.394 e. The molecule has 0 unspecified atom stereocenters. The molecule has 0 aromatic heterocycles. The van der Waals surface area contributed by atoms with Gasteiger partial charge in [-0.15, -0.1) is 0 Å². The first-order valence-corrected chi connectivity index (χ1v) is 30.5. The zero-order chi connectivity index (χ0) is 70.6. The Kier molecular flexibility index (Phi) is 28.1. The maximum atomic E-state index is 13.0. The third-order valence-corrected chi connectivity index (χ3v) is 17.5. The Labute approximate surface area is 543 Å². The molecule has 0 radical (unpaired) electrons. The molecule has 556 valence electrons. The summed E-state index contributed by atoms with van der Waals surface area (Å²) in [6.07, 6.45) is -74.0. The Balaban J connectivity index is 1.20. The molecule has 0 aliphatic carbocycles. The normalized spacial score (nSPS) is 49.4. The Morgan fingerprint density at radius 2 is 0.594 bits per heavy atom. The minimum atomic E-state index is -2.43. The molecule has 43 nitrogen and oxygen atoms in total. The molecule has 0 spiro atoms. The zero-order valence-corrected chi connectivity index (χ0v) is 51.4. The van der Waals surface area contributed by atoms with Gasteiger partial charge in [0, 0.05) is 20.8 Å². The molecular weight excluding hydrogens is 1320 g/mol. The number of ether oxygens (including phenoxy) is 15. The molecule has 8 heterocycles. The van der Waals surface area contributed by atoms with Gasteiger partial charge in [0.25, 0.3) is 0 Å². The van der Waals surface area contributed by atoms with E-state index in [1.165, 1.54) is 0 Å². The standard InChI is InChI=1S/C53H89N3O40/c1-12(64)54-23-33(74)40(20(9-62)83-46(23)81)91-48-25(56-14(3)66)34(75)41(21(10-63)89-48)92-53-45(96-50-37(78)29(70)18(7-60)87-50)43(94-52-44(36(77)28(69)17(6-59)88-52)95-47-24(55-13(2)65)32(73)26(67)15(4-57)84-47)31(72)22(90-53)11-82-49-39(80)42(30(71)19(8-61)85-49)93-51-38(79)35(76)27(68)16(5-58)86-51/h15-53,57-63,67-81H,4-11H2,1-3H3,(H,54,64)(H,55,65)(H,56,66)/t15-,16-,17-,18-,19-,20-,21-,22-,23-,24-,25-,26-,27-,28-,29+,30-,31-,32-,33-,34-,35+,36+,37-,38+,39+,40-,41-,42+,43+,44+,45+,46-,47+,48+,49+,50+,51-,52-,53+/m1/s1. The zero-order valence-electron chi connectivity index (χ0n) is 51.4. The molecule has 8 aliphatic rings. The summed E-state index contributed by atoms with van der Waals surface area (Å²) in [6, 6.07) is -5.35.